The molecule has 0 aliphatic heterocycles. The van der Waals surface area contributed by atoms with Gasteiger partial charge >= 0.3 is 0 Å². The molecule has 4 nitrogen and oxygen atoms in total. The average molecular weight is 146 g/mol. The molecule has 0 fully saturated rings. The van der Waals surface area contributed by atoms with Gasteiger partial charge in [-0.1, -0.05) is 13.8 Å². The predicted octanol–water partition coefficient (Wildman–Crippen LogP) is 0.808. The van der Waals surface area contributed by atoms with Crippen LogP contribution in [0.15, 0.2) is 0 Å². The van der Waals surface area contributed by atoms with Gasteiger partial charge in [-0.15, -0.1) is 0 Å². The fourth-order valence-electron chi connectivity index (χ4n) is 0.878. The zero-order chi connectivity index (χ0) is 8.15. The standard InChI is InChI=1S/C6H14N2O2/c1-6(2)4-7(3)5-8(9)10/h6H,4-5H2,1-3H3. The number of hydrogen-bond acceptors (Lipinski definition) is 3. The zero-order valence-corrected chi connectivity index (χ0v) is 6.70. The lowest BCUT2D eigenvalue weighted by Gasteiger charge is -2.13. The molecule has 0 bridgehead atoms. The molecule has 0 aliphatic carbocycles. The average Bonchev–Trinajstić information content (AvgIpc) is 1.58. The summed E-state index contributed by atoms with van der Waals surface area (Å²) in [5.41, 5.74) is 0. The Morgan fingerprint density at radius 3 is 2.40 bits per heavy atom. The molecule has 0 aliphatic rings. The van der Waals surface area contributed by atoms with Crippen molar-refractivity contribution in [1.82, 2.24) is 4.90 Å². The molecule has 0 atom stereocenters. The van der Waals surface area contributed by atoms with Gasteiger partial charge in [-0.05, 0) is 13.0 Å². The summed E-state index contributed by atoms with van der Waals surface area (Å²) in [7, 11) is 1.75. The first-order valence-electron chi connectivity index (χ1n) is 3.32. The van der Waals surface area contributed by atoms with Crippen molar-refractivity contribution in [3.8, 4) is 0 Å². The second-order valence-corrected chi connectivity index (χ2v) is 2.91. The lowest BCUT2D eigenvalue weighted by molar-refractivity contribution is -0.503. The van der Waals surface area contributed by atoms with E-state index < -0.39 is 0 Å². The van der Waals surface area contributed by atoms with E-state index in [1.54, 1.807) is 11.9 Å². The molecule has 0 saturated heterocycles. The van der Waals surface area contributed by atoms with Crippen molar-refractivity contribution in [3.05, 3.63) is 10.1 Å². The molecule has 0 radical (unpaired) electrons. The number of nitro groups is 1. The normalized spacial score (nSPS) is 10.9. The molecule has 60 valence electrons. The van der Waals surface area contributed by atoms with Gasteiger partial charge in [0.2, 0.25) is 0 Å². The first-order valence-corrected chi connectivity index (χ1v) is 3.32. The molecule has 0 N–H and O–H groups in total. The minimum absolute atomic E-state index is 0.0574. The van der Waals surface area contributed by atoms with E-state index in [-0.39, 0.29) is 11.6 Å². The highest BCUT2D eigenvalue weighted by atomic mass is 16.6. The first-order chi connectivity index (χ1) is 4.52. The largest absolute Gasteiger partial charge is 0.263 e. The van der Waals surface area contributed by atoms with E-state index in [0.29, 0.717) is 5.92 Å². The molecular weight excluding hydrogens is 132 g/mol. The van der Waals surface area contributed by atoms with Gasteiger partial charge in [0.1, 0.15) is 0 Å². The Labute approximate surface area is 61.0 Å². The maximum atomic E-state index is 9.96. The van der Waals surface area contributed by atoms with Gasteiger partial charge in [-0.2, -0.15) is 0 Å². The summed E-state index contributed by atoms with van der Waals surface area (Å²) in [5, 5.41) is 9.96. The number of nitrogens with zero attached hydrogens (tertiary/aromatic N) is 2. The third kappa shape index (κ3) is 5.50. The summed E-state index contributed by atoms with van der Waals surface area (Å²) in [6.07, 6.45) is 0. The second kappa shape index (κ2) is 4.22. The van der Waals surface area contributed by atoms with Crippen LogP contribution in [-0.2, 0) is 0 Å². The third-order valence-corrected chi connectivity index (χ3v) is 1.03. The molecule has 0 spiro atoms. The highest BCUT2D eigenvalue weighted by Crippen LogP contribution is 1.94. The zero-order valence-electron chi connectivity index (χ0n) is 6.70. The summed E-state index contributed by atoms with van der Waals surface area (Å²) in [6.45, 7) is 4.80. The van der Waals surface area contributed by atoms with Crippen LogP contribution in [0.25, 0.3) is 0 Å². The van der Waals surface area contributed by atoms with Crippen LogP contribution in [0, 0.1) is 16.0 Å². The molecule has 0 unspecified atom stereocenters. The van der Waals surface area contributed by atoms with E-state index in [9.17, 15) is 10.1 Å². The Hall–Kier alpha value is -0.640. The van der Waals surface area contributed by atoms with Crippen LogP contribution < -0.4 is 0 Å². The number of rotatable bonds is 4. The van der Waals surface area contributed by atoms with E-state index in [2.05, 4.69) is 0 Å². The van der Waals surface area contributed by atoms with E-state index in [4.69, 9.17) is 0 Å². The van der Waals surface area contributed by atoms with Gasteiger partial charge in [0, 0.05) is 11.5 Å². The lowest BCUT2D eigenvalue weighted by atomic mass is 10.2. The summed E-state index contributed by atoms with van der Waals surface area (Å²) in [5.74, 6) is 0.491. The van der Waals surface area contributed by atoms with Crippen LogP contribution in [0.4, 0.5) is 0 Å². The molecule has 10 heavy (non-hydrogen) atoms. The monoisotopic (exact) mass is 146 g/mol. The topological polar surface area (TPSA) is 46.4 Å². The fourth-order valence-corrected chi connectivity index (χ4v) is 0.878. The highest BCUT2D eigenvalue weighted by Gasteiger charge is 2.05. The van der Waals surface area contributed by atoms with Crippen LogP contribution in [0.2, 0.25) is 0 Å². The van der Waals surface area contributed by atoms with Crippen LogP contribution in [0.3, 0.4) is 0 Å². The van der Waals surface area contributed by atoms with Gasteiger partial charge in [-0.25, -0.2) is 4.90 Å². The molecule has 0 heterocycles. The third-order valence-electron chi connectivity index (χ3n) is 1.03. The maximum absolute atomic E-state index is 9.96. The van der Waals surface area contributed by atoms with Crippen LogP contribution >= 0.6 is 0 Å². The van der Waals surface area contributed by atoms with Crippen molar-refractivity contribution in [3.63, 3.8) is 0 Å². The summed E-state index contributed by atoms with van der Waals surface area (Å²) >= 11 is 0. The van der Waals surface area contributed by atoms with Crippen molar-refractivity contribution in [2.24, 2.45) is 5.92 Å². The van der Waals surface area contributed by atoms with Crippen LogP contribution in [-0.4, -0.2) is 30.1 Å². The molecule has 0 aromatic heterocycles. The fraction of sp³-hybridized carbons (Fsp3) is 1.00. The minimum Gasteiger partial charge on any atom is -0.263 e. The predicted molar refractivity (Wildman–Crippen MR) is 39.3 cm³/mol. The van der Waals surface area contributed by atoms with Crippen molar-refractivity contribution in [2.45, 2.75) is 13.8 Å². The van der Waals surface area contributed by atoms with E-state index in [1.165, 1.54) is 0 Å². The molecule has 0 amide bonds. The lowest BCUT2D eigenvalue weighted by Crippen LogP contribution is -2.28. The Kier molecular flexibility index (Phi) is 3.95. The van der Waals surface area contributed by atoms with E-state index >= 15 is 0 Å². The quantitative estimate of drug-likeness (QED) is 0.335. The smallest absolute Gasteiger partial charge is 0.258 e. The van der Waals surface area contributed by atoms with Crippen molar-refractivity contribution < 1.29 is 4.92 Å². The summed E-state index contributed by atoms with van der Waals surface area (Å²) in [6, 6.07) is 0. The molecule has 0 aromatic carbocycles. The Bertz CT molecular complexity index is 114. The van der Waals surface area contributed by atoms with Gasteiger partial charge in [0.15, 0.2) is 0 Å². The van der Waals surface area contributed by atoms with Crippen molar-refractivity contribution >= 4 is 0 Å². The van der Waals surface area contributed by atoms with Crippen molar-refractivity contribution in [1.29, 1.82) is 0 Å². The molecule has 0 rings (SSSR count). The van der Waals surface area contributed by atoms with Crippen molar-refractivity contribution in [2.75, 3.05) is 20.3 Å². The summed E-state index contributed by atoms with van der Waals surface area (Å²) in [4.78, 5) is 11.3. The molecule has 0 saturated carbocycles. The minimum atomic E-state index is -0.317. The molecular formula is C6H14N2O2. The number of hydrogen-bond donors (Lipinski definition) is 0. The Morgan fingerprint density at radius 2 is 2.10 bits per heavy atom. The van der Waals surface area contributed by atoms with Gasteiger partial charge in [-0.3, -0.25) is 10.1 Å². The SMILES string of the molecule is CC(C)CN(C)C[N+](=O)[O-]. The van der Waals surface area contributed by atoms with Gasteiger partial charge in [0.05, 0.1) is 0 Å². The maximum Gasteiger partial charge on any atom is 0.258 e. The highest BCUT2D eigenvalue weighted by molar-refractivity contribution is 4.48. The second-order valence-electron chi connectivity index (χ2n) is 2.91. The Morgan fingerprint density at radius 1 is 1.60 bits per heavy atom. The summed E-state index contributed by atoms with van der Waals surface area (Å²) < 4.78 is 0. The van der Waals surface area contributed by atoms with E-state index in [1.807, 2.05) is 13.8 Å². The molecule has 0 aromatic rings. The van der Waals surface area contributed by atoms with E-state index in [0.717, 1.165) is 6.54 Å². The van der Waals surface area contributed by atoms with Gasteiger partial charge < -0.3 is 0 Å². The first kappa shape index (κ1) is 9.36. The van der Waals surface area contributed by atoms with Gasteiger partial charge in [0.25, 0.3) is 6.67 Å². The van der Waals surface area contributed by atoms with Crippen LogP contribution in [0.5, 0.6) is 0 Å². The van der Waals surface area contributed by atoms with Crippen LogP contribution in [0.1, 0.15) is 13.8 Å². The Balaban J connectivity index is 3.43. The molecule has 4 heteroatoms.